The maximum Gasteiger partial charge on any atom is 0.263 e. The lowest BCUT2D eigenvalue weighted by Crippen LogP contribution is -2.41. The molecule has 3 aromatic rings. The zero-order valence-electron chi connectivity index (χ0n) is 17.6. The summed E-state index contributed by atoms with van der Waals surface area (Å²) in [6.07, 6.45) is 0. The van der Waals surface area contributed by atoms with Gasteiger partial charge in [0, 0.05) is 16.3 Å². The van der Waals surface area contributed by atoms with E-state index in [1.807, 2.05) is 54.6 Å². The van der Waals surface area contributed by atoms with Gasteiger partial charge >= 0.3 is 0 Å². The van der Waals surface area contributed by atoms with Crippen molar-refractivity contribution in [2.75, 3.05) is 5.32 Å². The lowest BCUT2D eigenvalue weighted by molar-refractivity contribution is -0.124. The number of benzene rings is 3. The molecule has 2 heterocycles. The molecule has 0 saturated heterocycles. The number of carbonyl (C=O) groups is 2. The van der Waals surface area contributed by atoms with Crippen LogP contribution in [0.25, 0.3) is 0 Å². The van der Waals surface area contributed by atoms with Crippen molar-refractivity contribution in [3.8, 4) is 0 Å². The Morgan fingerprint density at radius 3 is 2.48 bits per heavy atom. The number of fused-ring (bicyclic) bond motifs is 3. The van der Waals surface area contributed by atoms with Crippen molar-refractivity contribution in [2.45, 2.75) is 18.2 Å². The number of rotatable bonds is 4. The summed E-state index contributed by atoms with van der Waals surface area (Å²) in [4.78, 5) is 37.3. The molecule has 33 heavy (non-hydrogen) atoms. The Morgan fingerprint density at radius 1 is 1.03 bits per heavy atom. The van der Waals surface area contributed by atoms with Crippen LogP contribution in [0.2, 0.25) is 5.02 Å². The molecule has 164 valence electrons. The Balaban J connectivity index is 1.43. The Bertz CT molecular complexity index is 1290. The molecule has 0 fully saturated rings. The van der Waals surface area contributed by atoms with Crippen molar-refractivity contribution in [2.24, 2.45) is 9.98 Å². The van der Waals surface area contributed by atoms with Crippen molar-refractivity contribution in [3.05, 3.63) is 95.0 Å². The average Bonchev–Trinajstić information content (AvgIpc) is 3.19. The number of hydrogen-bond donors (Lipinski definition) is 1. The predicted molar refractivity (Wildman–Crippen MR) is 133 cm³/mol. The number of amides is 2. The van der Waals surface area contributed by atoms with E-state index in [0.717, 1.165) is 16.8 Å². The lowest BCUT2D eigenvalue weighted by atomic mass is 10.1. The number of anilines is 1. The first-order chi connectivity index (χ1) is 16.0. The van der Waals surface area contributed by atoms with Crippen LogP contribution in [0.4, 0.5) is 11.4 Å². The highest BCUT2D eigenvalue weighted by Crippen LogP contribution is 2.38. The highest BCUT2D eigenvalue weighted by atomic mass is 35.5. The molecule has 0 aromatic heterocycles. The lowest BCUT2D eigenvalue weighted by Gasteiger charge is -2.26. The third-order valence-electron chi connectivity index (χ3n) is 5.35. The van der Waals surface area contributed by atoms with Crippen LogP contribution < -0.4 is 5.32 Å². The number of halogens is 1. The van der Waals surface area contributed by atoms with Gasteiger partial charge < -0.3 is 5.32 Å². The van der Waals surface area contributed by atoms with Crippen LogP contribution >= 0.6 is 23.4 Å². The molecule has 2 aliphatic rings. The number of hydrogen-bond acceptors (Lipinski definition) is 5. The van der Waals surface area contributed by atoms with E-state index in [0.29, 0.717) is 21.7 Å². The van der Waals surface area contributed by atoms with Gasteiger partial charge in [-0.05, 0) is 48.9 Å². The number of thioether (sulfide) groups is 1. The largest absolute Gasteiger partial charge is 0.325 e. The molecule has 1 N–H and O–H groups in total. The molecule has 6 nitrogen and oxygen atoms in total. The van der Waals surface area contributed by atoms with Gasteiger partial charge in [0.1, 0.15) is 5.84 Å². The summed E-state index contributed by atoms with van der Waals surface area (Å²) in [6.45, 7) is 1.78. The number of amidine groups is 2. The van der Waals surface area contributed by atoms with Crippen LogP contribution in [0.1, 0.15) is 24.1 Å². The Labute approximate surface area is 200 Å². The summed E-state index contributed by atoms with van der Waals surface area (Å²) in [6, 6.07) is 23.3. The third kappa shape index (κ3) is 4.17. The van der Waals surface area contributed by atoms with Crippen LogP contribution in [0.3, 0.4) is 0 Å². The zero-order chi connectivity index (χ0) is 22.9. The monoisotopic (exact) mass is 474 g/mol. The fourth-order valence-corrected chi connectivity index (χ4v) is 4.71. The van der Waals surface area contributed by atoms with Crippen molar-refractivity contribution >= 4 is 57.6 Å². The highest BCUT2D eigenvalue weighted by molar-refractivity contribution is 8.15. The van der Waals surface area contributed by atoms with Gasteiger partial charge in [-0.15, -0.1) is 0 Å². The van der Waals surface area contributed by atoms with Gasteiger partial charge in [-0.3, -0.25) is 9.59 Å². The normalized spacial score (nSPS) is 17.6. The van der Waals surface area contributed by atoms with Gasteiger partial charge in [0.25, 0.3) is 5.91 Å². The van der Waals surface area contributed by atoms with Crippen LogP contribution in [0.5, 0.6) is 0 Å². The fraction of sp³-hybridized carbons (Fsp3) is 0.120. The SMILES string of the molecule is C[C@H](SC1=Nc2ccccc2C2=N[C@H](c3ccccc3)C(=O)N12)C(=O)Nc1ccc(Cl)cc1. The van der Waals surface area contributed by atoms with Gasteiger partial charge in [-0.25, -0.2) is 14.9 Å². The topological polar surface area (TPSA) is 74.1 Å². The smallest absolute Gasteiger partial charge is 0.263 e. The van der Waals surface area contributed by atoms with Gasteiger partial charge in [0.05, 0.1) is 10.9 Å². The average molecular weight is 475 g/mol. The van der Waals surface area contributed by atoms with E-state index < -0.39 is 11.3 Å². The van der Waals surface area contributed by atoms with E-state index in [9.17, 15) is 9.59 Å². The molecule has 8 heteroatoms. The van der Waals surface area contributed by atoms with Gasteiger partial charge in [0.15, 0.2) is 11.2 Å². The van der Waals surface area contributed by atoms with E-state index in [1.165, 1.54) is 16.7 Å². The van der Waals surface area contributed by atoms with Crippen LogP contribution in [-0.2, 0) is 9.59 Å². The molecule has 0 aliphatic carbocycles. The summed E-state index contributed by atoms with van der Waals surface area (Å²) in [7, 11) is 0. The molecule has 2 atom stereocenters. The fourth-order valence-electron chi connectivity index (χ4n) is 3.67. The maximum absolute atomic E-state index is 13.4. The summed E-state index contributed by atoms with van der Waals surface area (Å²) >= 11 is 7.15. The molecule has 5 rings (SSSR count). The maximum atomic E-state index is 13.4. The number of nitrogens with zero attached hydrogens (tertiary/aromatic N) is 3. The van der Waals surface area contributed by atoms with E-state index in [1.54, 1.807) is 31.2 Å². The Morgan fingerprint density at radius 2 is 1.73 bits per heavy atom. The first-order valence-electron chi connectivity index (χ1n) is 10.4. The van der Waals surface area contributed by atoms with Crippen LogP contribution in [-0.4, -0.2) is 33.0 Å². The summed E-state index contributed by atoms with van der Waals surface area (Å²) in [5, 5.41) is 3.41. The quantitative estimate of drug-likeness (QED) is 0.547. The van der Waals surface area contributed by atoms with Crippen molar-refractivity contribution in [1.82, 2.24) is 4.90 Å². The Hall–Kier alpha value is -3.42. The summed E-state index contributed by atoms with van der Waals surface area (Å²) in [5.41, 5.74) is 2.99. The molecular weight excluding hydrogens is 456 g/mol. The zero-order valence-corrected chi connectivity index (χ0v) is 19.2. The molecule has 0 unspecified atom stereocenters. The predicted octanol–water partition coefficient (Wildman–Crippen LogP) is 5.43. The summed E-state index contributed by atoms with van der Waals surface area (Å²) < 4.78 is 0. The third-order valence-corrected chi connectivity index (χ3v) is 6.65. The Kier molecular flexibility index (Phi) is 5.74. The van der Waals surface area contributed by atoms with Crippen molar-refractivity contribution in [3.63, 3.8) is 0 Å². The standard InChI is InChI=1S/C25H19ClN4O2S/c1-15(23(31)27-18-13-11-17(26)12-14-18)33-25-28-20-10-6-5-9-19(20)22-29-21(24(32)30(22)25)16-7-3-2-4-8-16/h2-15,21H,1H3,(H,27,31)/t15-,21+/m0/s1. The van der Waals surface area contributed by atoms with Gasteiger partial charge in [0.2, 0.25) is 5.91 Å². The van der Waals surface area contributed by atoms with Crippen LogP contribution in [0, 0.1) is 0 Å². The number of aliphatic imine (C=N–C) groups is 2. The van der Waals surface area contributed by atoms with Crippen LogP contribution in [0.15, 0.2) is 88.8 Å². The van der Waals surface area contributed by atoms with Crippen molar-refractivity contribution < 1.29 is 9.59 Å². The molecule has 3 aromatic carbocycles. The molecule has 2 aliphatic heterocycles. The first-order valence-corrected chi connectivity index (χ1v) is 11.6. The molecule has 0 saturated carbocycles. The van der Waals surface area contributed by atoms with E-state index in [2.05, 4.69) is 5.32 Å². The van der Waals surface area contributed by atoms with E-state index in [-0.39, 0.29) is 11.8 Å². The minimum absolute atomic E-state index is 0.178. The minimum atomic E-state index is -0.642. The number of para-hydroxylation sites is 1. The molecule has 2 amide bonds. The second-order valence-corrected chi connectivity index (χ2v) is 9.35. The van der Waals surface area contributed by atoms with Gasteiger partial charge in [-0.1, -0.05) is 65.8 Å². The second-order valence-electron chi connectivity index (χ2n) is 7.61. The molecule has 0 spiro atoms. The first kappa shape index (κ1) is 21.4. The van der Waals surface area contributed by atoms with Gasteiger partial charge in [-0.2, -0.15) is 0 Å². The highest BCUT2D eigenvalue weighted by Gasteiger charge is 2.42. The van der Waals surface area contributed by atoms with E-state index >= 15 is 0 Å². The molecule has 0 bridgehead atoms. The summed E-state index contributed by atoms with van der Waals surface area (Å²) in [5.74, 6) is 0.183. The second kappa shape index (κ2) is 8.84. The number of carbonyl (C=O) groups excluding carboxylic acids is 2. The number of nitrogens with one attached hydrogen (secondary N) is 1. The molecule has 0 radical (unpaired) electrons. The van der Waals surface area contributed by atoms with E-state index in [4.69, 9.17) is 21.6 Å². The van der Waals surface area contributed by atoms with Crippen molar-refractivity contribution in [1.29, 1.82) is 0 Å². The minimum Gasteiger partial charge on any atom is -0.325 e. The molecular formula is C25H19ClN4O2S.